The van der Waals surface area contributed by atoms with E-state index >= 15 is 0 Å². The largest absolute Gasteiger partial charge is 0.362 e. The summed E-state index contributed by atoms with van der Waals surface area (Å²) in [5.41, 5.74) is 3.03. The van der Waals surface area contributed by atoms with Gasteiger partial charge in [-0.2, -0.15) is 0 Å². The third-order valence-corrected chi connectivity index (χ3v) is 5.65. The van der Waals surface area contributed by atoms with Crippen LogP contribution in [0.25, 0.3) is 0 Å². The van der Waals surface area contributed by atoms with Gasteiger partial charge in [-0.25, -0.2) is 4.98 Å². The zero-order valence-corrected chi connectivity index (χ0v) is 11.6. The van der Waals surface area contributed by atoms with Crippen LogP contribution in [0.5, 0.6) is 0 Å². The highest BCUT2D eigenvalue weighted by atomic mass is 32.2. The molecule has 2 aliphatic rings. The number of thioether (sulfide) groups is 1. The summed E-state index contributed by atoms with van der Waals surface area (Å²) < 4.78 is 0. The van der Waals surface area contributed by atoms with Crippen molar-refractivity contribution in [2.75, 3.05) is 5.75 Å². The fraction of sp³-hybridized carbons (Fsp3) is 0.667. The summed E-state index contributed by atoms with van der Waals surface area (Å²) in [5.74, 6) is 2.13. The topological polar surface area (TPSA) is 37.3 Å². The number of aromatic nitrogens is 1. The van der Waals surface area contributed by atoms with E-state index in [-0.39, 0.29) is 0 Å². The van der Waals surface area contributed by atoms with Gasteiger partial charge in [-0.3, -0.25) is 4.99 Å². The molecular formula is C12H17N3S2. The van der Waals surface area contributed by atoms with Crippen LogP contribution in [-0.2, 0) is 6.54 Å². The molecule has 17 heavy (non-hydrogen) atoms. The van der Waals surface area contributed by atoms with Gasteiger partial charge in [0.05, 0.1) is 17.7 Å². The van der Waals surface area contributed by atoms with Gasteiger partial charge in [0.2, 0.25) is 0 Å². The summed E-state index contributed by atoms with van der Waals surface area (Å²) >= 11 is 3.59. The van der Waals surface area contributed by atoms with Gasteiger partial charge in [-0.05, 0) is 25.7 Å². The lowest BCUT2D eigenvalue weighted by molar-refractivity contribution is 0.489. The Kier molecular flexibility index (Phi) is 3.38. The molecule has 0 aromatic carbocycles. The average molecular weight is 267 g/mol. The zero-order valence-electron chi connectivity index (χ0n) is 9.98. The number of amidine groups is 1. The first-order valence-corrected chi connectivity index (χ1v) is 8.02. The molecular weight excluding hydrogens is 250 g/mol. The highest BCUT2D eigenvalue weighted by Crippen LogP contribution is 2.32. The van der Waals surface area contributed by atoms with Crippen molar-refractivity contribution in [3.8, 4) is 0 Å². The first kappa shape index (κ1) is 11.5. The van der Waals surface area contributed by atoms with E-state index in [4.69, 9.17) is 0 Å². The summed E-state index contributed by atoms with van der Waals surface area (Å²) in [6.07, 6.45) is 4.10. The molecule has 0 amide bonds. The van der Waals surface area contributed by atoms with Crippen LogP contribution in [-0.4, -0.2) is 21.9 Å². The third-order valence-electron chi connectivity index (χ3n) is 3.61. The smallest absolute Gasteiger partial charge is 0.157 e. The van der Waals surface area contributed by atoms with Crippen molar-refractivity contribution in [3.05, 3.63) is 16.1 Å². The lowest BCUT2D eigenvalue weighted by atomic mass is 10.1. The molecule has 2 atom stereocenters. The van der Waals surface area contributed by atoms with Crippen LogP contribution in [0.15, 0.2) is 10.5 Å². The minimum absolute atomic E-state index is 0.692. The first-order chi connectivity index (χ1) is 8.33. The lowest BCUT2D eigenvalue weighted by Gasteiger charge is -2.27. The normalized spacial score (nSPS) is 30.3. The van der Waals surface area contributed by atoms with Crippen LogP contribution in [0.3, 0.4) is 0 Å². The van der Waals surface area contributed by atoms with Gasteiger partial charge >= 0.3 is 0 Å². The number of hydrogen-bond donors (Lipinski definition) is 1. The molecule has 1 aromatic rings. The molecule has 1 aliphatic heterocycles. The van der Waals surface area contributed by atoms with Crippen molar-refractivity contribution >= 4 is 28.3 Å². The van der Waals surface area contributed by atoms with Gasteiger partial charge in [-0.15, -0.1) is 11.3 Å². The molecule has 92 valence electrons. The van der Waals surface area contributed by atoms with Crippen molar-refractivity contribution in [1.29, 1.82) is 0 Å². The van der Waals surface area contributed by atoms with Gasteiger partial charge in [0.25, 0.3) is 0 Å². The number of fused-ring (bicyclic) bond motifs is 1. The van der Waals surface area contributed by atoms with E-state index in [2.05, 4.69) is 22.2 Å². The SMILES string of the molecule is Cc1ncsc1CN=C1NC2CCCC2CS1. The van der Waals surface area contributed by atoms with E-state index in [0.29, 0.717) is 6.04 Å². The highest BCUT2D eigenvalue weighted by Gasteiger charge is 2.31. The number of aryl methyl sites for hydroxylation is 1. The van der Waals surface area contributed by atoms with Crippen LogP contribution in [0.1, 0.15) is 29.8 Å². The number of aliphatic imine (C=N–C) groups is 1. The van der Waals surface area contributed by atoms with E-state index < -0.39 is 0 Å². The molecule has 0 radical (unpaired) electrons. The predicted octanol–water partition coefficient (Wildman–Crippen LogP) is 2.81. The molecule has 2 unspecified atom stereocenters. The maximum absolute atomic E-state index is 4.69. The number of nitrogens with zero attached hydrogens (tertiary/aromatic N) is 2. The van der Waals surface area contributed by atoms with Crippen LogP contribution >= 0.6 is 23.1 Å². The van der Waals surface area contributed by atoms with Crippen LogP contribution in [0, 0.1) is 12.8 Å². The average Bonchev–Trinajstić information content (AvgIpc) is 2.94. The van der Waals surface area contributed by atoms with E-state index in [1.54, 1.807) is 11.3 Å². The summed E-state index contributed by atoms with van der Waals surface area (Å²) in [6, 6.07) is 0.692. The predicted molar refractivity (Wildman–Crippen MR) is 74.7 cm³/mol. The summed E-state index contributed by atoms with van der Waals surface area (Å²) in [7, 11) is 0. The maximum atomic E-state index is 4.69. The zero-order chi connectivity index (χ0) is 11.7. The van der Waals surface area contributed by atoms with Crippen molar-refractivity contribution < 1.29 is 0 Å². The number of hydrogen-bond acceptors (Lipinski definition) is 4. The maximum Gasteiger partial charge on any atom is 0.157 e. The fourth-order valence-corrected chi connectivity index (χ4v) is 4.39. The van der Waals surface area contributed by atoms with Crippen LogP contribution in [0.2, 0.25) is 0 Å². The Balaban J connectivity index is 1.63. The molecule has 3 nitrogen and oxygen atoms in total. The molecule has 1 saturated carbocycles. The Morgan fingerprint density at radius 1 is 1.53 bits per heavy atom. The standard InChI is InChI=1S/C12H17N3S2/c1-8-11(17-7-14-8)5-13-12-15-10-4-2-3-9(10)6-16-12/h7,9-10H,2-6H2,1H3,(H,13,15). The Hall–Kier alpha value is -0.550. The Labute approximate surface area is 110 Å². The van der Waals surface area contributed by atoms with E-state index in [9.17, 15) is 0 Å². The van der Waals surface area contributed by atoms with E-state index in [1.165, 1.54) is 29.9 Å². The molecule has 0 spiro atoms. The molecule has 1 saturated heterocycles. The second-order valence-corrected chi connectivity index (χ2v) is 6.68. The first-order valence-electron chi connectivity index (χ1n) is 6.15. The lowest BCUT2D eigenvalue weighted by Crippen LogP contribution is -2.41. The van der Waals surface area contributed by atoms with Crippen molar-refractivity contribution in [2.24, 2.45) is 10.9 Å². The highest BCUT2D eigenvalue weighted by molar-refractivity contribution is 8.13. The molecule has 1 N–H and O–H groups in total. The third kappa shape index (κ3) is 2.50. The quantitative estimate of drug-likeness (QED) is 0.895. The van der Waals surface area contributed by atoms with Gasteiger partial charge < -0.3 is 5.32 Å². The Bertz CT molecular complexity index is 427. The minimum atomic E-state index is 0.692. The second-order valence-electron chi connectivity index (χ2n) is 4.74. The molecule has 1 aliphatic carbocycles. The van der Waals surface area contributed by atoms with Crippen LogP contribution in [0.4, 0.5) is 0 Å². The van der Waals surface area contributed by atoms with E-state index in [1.807, 2.05) is 17.3 Å². The summed E-state index contributed by atoms with van der Waals surface area (Å²) in [5, 5.41) is 4.73. The molecule has 5 heteroatoms. The fourth-order valence-electron chi connectivity index (χ4n) is 2.53. The van der Waals surface area contributed by atoms with Gasteiger partial charge in [0, 0.05) is 16.7 Å². The molecule has 0 bridgehead atoms. The number of nitrogens with one attached hydrogen (secondary N) is 1. The van der Waals surface area contributed by atoms with Gasteiger partial charge in [0.1, 0.15) is 0 Å². The molecule has 2 heterocycles. The summed E-state index contributed by atoms with van der Waals surface area (Å²) in [6.45, 7) is 2.84. The molecule has 2 fully saturated rings. The number of thiazole rings is 1. The monoisotopic (exact) mass is 267 g/mol. The van der Waals surface area contributed by atoms with Crippen molar-refractivity contribution in [3.63, 3.8) is 0 Å². The van der Waals surface area contributed by atoms with Crippen molar-refractivity contribution in [2.45, 2.75) is 38.8 Å². The Morgan fingerprint density at radius 3 is 3.29 bits per heavy atom. The number of rotatable bonds is 2. The second kappa shape index (κ2) is 4.98. The van der Waals surface area contributed by atoms with Crippen molar-refractivity contribution in [1.82, 2.24) is 10.3 Å². The van der Waals surface area contributed by atoms with Gasteiger partial charge in [0.15, 0.2) is 5.17 Å². The summed E-state index contributed by atoms with van der Waals surface area (Å²) in [4.78, 5) is 10.2. The minimum Gasteiger partial charge on any atom is -0.362 e. The van der Waals surface area contributed by atoms with E-state index in [0.717, 1.165) is 23.3 Å². The van der Waals surface area contributed by atoms with Gasteiger partial charge in [-0.1, -0.05) is 18.2 Å². The van der Waals surface area contributed by atoms with Crippen LogP contribution < -0.4 is 5.32 Å². The molecule has 3 rings (SSSR count). The molecule has 1 aromatic heterocycles. The Morgan fingerprint density at radius 2 is 2.47 bits per heavy atom.